The lowest BCUT2D eigenvalue weighted by atomic mass is 10.1. The van der Waals surface area contributed by atoms with E-state index in [1.807, 2.05) is 18.5 Å². The van der Waals surface area contributed by atoms with Crippen LogP contribution in [0.4, 0.5) is 5.69 Å². The summed E-state index contributed by atoms with van der Waals surface area (Å²) >= 11 is 0. The van der Waals surface area contributed by atoms with Crippen LogP contribution in [-0.2, 0) is 22.6 Å². The van der Waals surface area contributed by atoms with Gasteiger partial charge in [0.2, 0.25) is 5.91 Å². The van der Waals surface area contributed by atoms with E-state index in [0.29, 0.717) is 30.2 Å². The van der Waals surface area contributed by atoms with Gasteiger partial charge < -0.3 is 10.1 Å². The third-order valence-corrected chi connectivity index (χ3v) is 4.05. The lowest BCUT2D eigenvalue weighted by molar-refractivity contribution is -0.134. The highest BCUT2D eigenvalue weighted by Crippen LogP contribution is 2.19. The van der Waals surface area contributed by atoms with E-state index in [1.165, 1.54) is 6.92 Å². The first kappa shape index (κ1) is 19.7. The van der Waals surface area contributed by atoms with E-state index >= 15 is 0 Å². The molecule has 1 amide bonds. The number of hydrogen-bond acceptors (Lipinski definition) is 4. The minimum absolute atomic E-state index is 0.140. The summed E-state index contributed by atoms with van der Waals surface area (Å²) in [6, 6.07) is 6.74. The molecule has 0 saturated carbocycles. The Hall–Kier alpha value is -2.63. The van der Waals surface area contributed by atoms with Crippen molar-refractivity contribution in [2.75, 3.05) is 5.32 Å². The first-order valence-corrected chi connectivity index (χ1v) is 8.87. The molecule has 0 aliphatic heterocycles. The molecule has 0 saturated heterocycles. The second-order valence-corrected chi connectivity index (χ2v) is 6.90. The van der Waals surface area contributed by atoms with E-state index in [2.05, 4.69) is 24.3 Å². The quantitative estimate of drug-likeness (QED) is 0.606. The highest BCUT2D eigenvalue weighted by molar-refractivity contribution is 5.88. The van der Waals surface area contributed by atoms with E-state index in [0.717, 1.165) is 23.5 Å². The molecule has 2 rings (SSSR count). The van der Waals surface area contributed by atoms with Crippen molar-refractivity contribution >= 4 is 17.6 Å². The number of nitrogens with zero attached hydrogens (tertiary/aromatic N) is 2. The molecule has 0 atom stereocenters. The van der Waals surface area contributed by atoms with Crippen LogP contribution in [0, 0.1) is 19.8 Å². The summed E-state index contributed by atoms with van der Waals surface area (Å²) in [5, 5.41) is 7.25. The second-order valence-electron chi connectivity index (χ2n) is 6.90. The summed E-state index contributed by atoms with van der Waals surface area (Å²) in [5.41, 5.74) is 3.86. The lowest BCUT2D eigenvalue weighted by Gasteiger charge is -2.08. The molecule has 0 aliphatic carbocycles. The van der Waals surface area contributed by atoms with Gasteiger partial charge in [-0.15, -0.1) is 0 Å². The number of anilines is 1. The topological polar surface area (TPSA) is 73.2 Å². The van der Waals surface area contributed by atoms with Crippen molar-refractivity contribution in [1.29, 1.82) is 0 Å². The van der Waals surface area contributed by atoms with Gasteiger partial charge in [0.05, 0.1) is 12.1 Å². The molecule has 0 spiro atoms. The Morgan fingerprint density at radius 3 is 2.42 bits per heavy atom. The Morgan fingerprint density at radius 2 is 1.85 bits per heavy atom. The van der Waals surface area contributed by atoms with Crippen LogP contribution >= 0.6 is 0 Å². The fourth-order valence-corrected chi connectivity index (χ4v) is 2.84. The van der Waals surface area contributed by atoms with Crippen LogP contribution in [-0.4, -0.2) is 21.7 Å². The minimum Gasteiger partial charge on any atom is -0.427 e. The average molecular weight is 357 g/mol. The number of carbonyl (C=O) groups is 2. The maximum absolute atomic E-state index is 12.1. The summed E-state index contributed by atoms with van der Waals surface area (Å²) in [6.45, 7) is 10.7. The average Bonchev–Trinajstić information content (AvgIpc) is 2.80. The van der Waals surface area contributed by atoms with Gasteiger partial charge in [0.25, 0.3) is 0 Å². The zero-order valence-corrected chi connectivity index (χ0v) is 16.1. The summed E-state index contributed by atoms with van der Waals surface area (Å²) < 4.78 is 7.38. The zero-order chi connectivity index (χ0) is 19.3. The molecule has 1 heterocycles. The number of hydrogen-bond donors (Lipinski definition) is 1. The van der Waals surface area contributed by atoms with Crippen molar-refractivity contribution in [1.82, 2.24) is 9.78 Å². The van der Waals surface area contributed by atoms with Crippen molar-refractivity contribution in [3.05, 3.63) is 41.2 Å². The van der Waals surface area contributed by atoms with E-state index < -0.39 is 0 Å². The molecule has 0 bridgehead atoms. The highest BCUT2D eigenvalue weighted by Gasteiger charge is 2.14. The van der Waals surface area contributed by atoms with Gasteiger partial charge in [-0.2, -0.15) is 5.10 Å². The number of nitrogens with one attached hydrogen (secondary N) is 1. The van der Waals surface area contributed by atoms with E-state index in [9.17, 15) is 9.59 Å². The van der Waals surface area contributed by atoms with Gasteiger partial charge in [-0.3, -0.25) is 14.3 Å². The number of rotatable bonds is 7. The largest absolute Gasteiger partial charge is 0.427 e. The number of benzene rings is 1. The SMILES string of the molecule is CC(=O)Nc1ccc(OC(=O)CCc2c(C)nn(CC(C)C)c2C)cc1. The van der Waals surface area contributed by atoms with Crippen LogP contribution in [0.1, 0.15) is 44.1 Å². The molecule has 0 radical (unpaired) electrons. The summed E-state index contributed by atoms with van der Waals surface area (Å²) in [5.74, 6) is 0.561. The summed E-state index contributed by atoms with van der Waals surface area (Å²) in [6.07, 6.45) is 0.904. The molecule has 26 heavy (non-hydrogen) atoms. The van der Waals surface area contributed by atoms with Crippen molar-refractivity contribution < 1.29 is 14.3 Å². The van der Waals surface area contributed by atoms with Crippen LogP contribution in [0.2, 0.25) is 0 Å². The van der Waals surface area contributed by atoms with Crippen molar-refractivity contribution in [2.45, 2.75) is 54.0 Å². The van der Waals surface area contributed by atoms with Gasteiger partial charge in [-0.1, -0.05) is 13.8 Å². The summed E-state index contributed by atoms with van der Waals surface area (Å²) in [4.78, 5) is 23.1. The summed E-state index contributed by atoms with van der Waals surface area (Å²) in [7, 11) is 0. The van der Waals surface area contributed by atoms with Crippen LogP contribution in [0.5, 0.6) is 5.75 Å². The maximum atomic E-state index is 12.1. The lowest BCUT2D eigenvalue weighted by Crippen LogP contribution is -2.11. The molecule has 1 aromatic heterocycles. The third kappa shape index (κ3) is 5.44. The molecule has 0 unspecified atom stereocenters. The molecular formula is C20H27N3O3. The van der Waals surface area contributed by atoms with Crippen molar-refractivity contribution in [2.24, 2.45) is 5.92 Å². The second kappa shape index (κ2) is 8.65. The van der Waals surface area contributed by atoms with Crippen LogP contribution in [0.15, 0.2) is 24.3 Å². The number of carbonyl (C=O) groups excluding carboxylic acids is 2. The Labute approximate surface area is 154 Å². The molecular weight excluding hydrogens is 330 g/mol. The van der Waals surface area contributed by atoms with Gasteiger partial charge in [0.15, 0.2) is 0 Å². The van der Waals surface area contributed by atoms with Gasteiger partial charge >= 0.3 is 5.97 Å². The number of aryl methyl sites for hydroxylation is 1. The zero-order valence-electron chi connectivity index (χ0n) is 16.1. The molecule has 1 aromatic carbocycles. The standard InChI is InChI=1S/C20H27N3O3/c1-13(2)12-23-15(4)19(14(3)22-23)10-11-20(25)26-18-8-6-17(7-9-18)21-16(5)24/h6-9,13H,10-12H2,1-5H3,(H,21,24). The van der Waals surface area contributed by atoms with E-state index in [1.54, 1.807) is 24.3 Å². The van der Waals surface area contributed by atoms with Gasteiger partial charge in [-0.05, 0) is 56.0 Å². The molecule has 0 fully saturated rings. The van der Waals surface area contributed by atoms with Crippen LogP contribution < -0.4 is 10.1 Å². The Morgan fingerprint density at radius 1 is 1.19 bits per heavy atom. The number of aromatic nitrogens is 2. The molecule has 6 heteroatoms. The smallest absolute Gasteiger partial charge is 0.311 e. The predicted octanol–water partition coefficient (Wildman–Crippen LogP) is 3.65. The first-order valence-electron chi connectivity index (χ1n) is 8.87. The number of ether oxygens (including phenoxy) is 1. The third-order valence-electron chi connectivity index (χ3n) is 4.05. The Balaban J connectivity index is 1.93. The maximum Gasteiger partial charge on any atom is 0.311 e. The number of esters is 1. The van der Waals surface area contributed by atoms with Crippen molar-refractivity contribution in [3.63, 3.8) is 0 Å². The van der Waals surface area contributed by atoms with Gasteiger partial charge in [-0.25, -0.2) is 0 Å². The molecule has 1 N–H and O–H groups in total. The predicted molar refractivity (Wildman–Crippen MR) is 101 cm³/mol. The fourth-order valence-electron chi connectivity index (χ4n) is 2.84. The Kier molecular flexibility index (Phi) is 6.55. The van der Waals surface area contributed by atoms with E-state index in [-0.39, 0.29) is 11.9 Å². The van der Waals surface area contributed by atoms with Crippen LogP contribution in [0.25, 0.3) is 0 Å². The van der Waals surface area contributed by atoms with E-state index in [4.69, 9.17) is 4.74 Å². The Bertz CT molecular complexity index is 776. The monoisotopic (exact) mass is 357 g/mol. The normalized spacial score (nSPS) is 10.8. The number of amides is 1. The highest BCUT2D eigenvalue weighted by atomic mass is 16.5. The molecule has 2 aromatic rings. The van der Waals surface area contributed by atoms with Gasteiger partial charge in [0.1, 0.15) is 5.75 Å². The molecule has 140 valence electrons. The van der Waals surface area contributed by atoms with Crippen molar-refractivity contribution in [3.8, 4) is 5.75 Å². The fraction of sp³-hybridized carbons (Fsp3) is 0.450. The first-order chi connectivity index (χ1) is 12.3. The molecule has 6 nitrogen and oxygen atoms in total. The van der Waals surface area contributed by atoms with Crippen LogP contribution in [0.3, 0.4) is 0 Å². The van der Waals surface area contributed by atoms with Gasteiger partial charge in [0, 0.05) is 24.8 Å². The molecule has 0 aliphatic rings. The minimum atomic E-state index is -0.285.